The highest BCUT2D eigenvalue weighted by Crippen LogP contribution is 2.13. The molecule has 0 aliphatic rings. The summed E-state index contributed by atoms with van der Waals surface area (Å²) in [4.78, 5) is 25.2. The highest BCUT2D eigenvalue weighted by atomic mass is 16.6. The first-order valence-corrected chi connectivity index (χ1v) is 20.5. The van der Waals surface area contributed by atoms with Gasteiger partial charge in [0.25, 0.3) is 0 Å². The zero-order valence-electron chi connectivity index (χ0n) is 34.5. The van der Waals surface area contributed by atoms with Gasteiger partial charge in [-0.2, -0.15) is 0 Å². The van der Waals surface area contributed by atoms with Crippen LogP contribution in [0.15, 0.2) is 0 Å². The average Bonchev–Trinajstić information content (AvgIpc) is 3.12. The molecule has 0 saturated heterocycles. The van der Waals surface area contributed by atoms with Crippen molar-refractivity contribution < 1.29 is 57.0 Å². The number of ether oxygens (including phenoxy) is 10. The maximum absolute atomic E-state index is 11.9. The monoisotopic (exact) mass is 766 g/mol. The second kappa shape index (κ2) is 40.1. The molecule has 0 N–H and O–H groups in total. The van der Waals surface area contributed by atoms with Crippen LogP contribution in [-0.4, -0.2) is 148 Å². The van der Waals surface area contributed by atoms with Crippen LogP contribution in [0.1, 0.15) is 118 Å². The third-order valence-electron chi connectivity index (χ3n) is 7.86. The molecule has 0 heterocycles. The largest absolute Gasteiger partial charge is 0.463 e. The number of carbonyl (C=O) groups is 2. The van der Waals surface area contributed by atoms with Crippen molar-refractivity contribution in [1.29, 1.82) is 0 Å². The Labute approximate surface area is 322 Å². The molecule has 0 aliphatic carbocycles. The Balaban J connectivity index is 3.20. The quantitative estimate of drug-likeness (QED) is 0.0469. The molecule has 0 atom stereocenters. The minimum absolute atomic E-state index is 0.135. The fraction of sp³-hybridized carbons (Fsp3) is 0.950. The Morgan fingerprint density at radius 2 is 0.736 bits per heavy atom. The molecule has 0 aromatic carbocycles. The van der Waals surface area contributed by atoms with E-state index in [9.17, 15) is 9.59 Å². The number of hydrogen-bond donors (Lipinski definition) is 0. The van der Waals surface area contributed by atoms with E-state index in [0.717, 1.165) is 12.8 Å². The highest BCUT2D eigenvalue weighted by Gasteiger charge is 2.19. The summed E-state index contributed by atoms with van der Waals surface area (Å²) in [5.41, 5.74) is -0.511. The van der Waals surface area contributed by atoms with Crippen LogP contribution in [-0.2, 0) is 52.2 Å². The van der Waals surface area contributed by atoms with E-state index in [0.29, 0.717) is 119 Å². The lowest BCUT2D eigenvalue weighted by atomic mass is 10.0. The first-order valence-electron chi connectivity index (χ1n) is 20.5. The van der Waals surface area contributed by atoms with Crippen molar-refractivity contribution in [3.05, 3.63) is 0 Å². The van der Waals surface area contributed by atoms with Crippen LogP contribution in [0.25, 0.3) is 0 Å². The lowest BCUT2D eigenvalue weighted by molar-refractivity contribution is -0.145. The predicted molar refractivity (Wildman–Crippen MR) is 207 cm³/mol. The van der Waals surface area contributed by atoms with Gasteiger partial charge >= 0.3 is 12.1 Å². The second-order valence-electron chi connectivity index (χ2n) is 14.0. The fourth-order valence-electron chi connectivity index (χ4n) is 4.85. The van der Waals surface area contributed by atoms with Gasteiger partial charge in [0.1, 0.15) is 12.2 Å². The van der Waals surface area contributed by atoms with Gasteiger partial charge in [0.15, 0.2) is 0 Å². The number of amides is 1. The molecule has 0 unspecified atom stereocenters. The summed E-state index contributed by atoms with van der Waals surface area (Å²) in [5, 5.41) is 0. The Morgan fingerprint density at radius 1 is 0.434 bits per heavy atom. The van der Waals surface area contributed by atoms with Gasteiger partial charge in [0.2, 0.25) is 0 Å². The summed E-state index contributed by atoms with van der Waals surface area (Å²) in [7, 11) is 1.68. The van der Waals surface area contributed by atoms with E-state index in [4.69, 9.17) is 47.4 Å². The van der Waals surface area contributed by atoms with Crippen LogP contribution < -0.4 is 0 Å². The van der Waals surface area contributed by atoms with Gasteiger partial charge in [-0.05, 0) is 27.2 Å². The number of rotatable bonds is 41. The van der Waals surface area contributed by atoms with E-state index in [1.807, 2.05) is 20.8 Å². The molecule has 0 saturated carbocycles. The van der Waals surface area contributed by atoms with Crippen LogP contribution in [0.2, 0.25) is 0 Å². The van der Waals surface area contributed by atoms with Crippen molar-refractivity contribution >= 4 is 12.1 Å². The van der Waals surface area contributed by atoms with Gasteiger partial charge in [-0.15, -0.1) is 0 Å². The SMILES string of the molecule is CCCCCCCCCCCCCCCC(=O)OCCOCCOCCOCCOCCOCCOCCOCCOCCN(C)C(=O)OC(C)(C)C. The summed E-state index contributed by atoms with van der Waals surface area (Å²) in [6, 6.07) is 0. The molecule has 0 aliphatic heterocycles. The van der Waals surface area contributed by atoms with Gasteiger partial charge in [0.05, 0.1) is 106 Å². The van der Waals surface area contributed by atoms with Gasteiger partial charge in [-0.3, -0.25) is 4.79 Å². The summed E-state index contributed by atoms with van der Waals surface area (Å²) in [5.74, 6) is -0.135. The molecule has 13 nitrogen and oxygen atoms in total. The number of carbonyl (C=O) groups excluding carboxylic acids is 2. The van der Waals surface area contributed by atoms with E-state index in [-0.39, 0.29) is 18.7 Å². The average molecular weight is 766 g/mol. The topological polar surface area (TPSA) is 130 Å². The van der Waals surface area contributed by atoms with Crippen LogP contribution >= 0.6 is 0 Å². The standard InChI is InChI=1S/C40H79NO12/c1-6-7-8-9-10-11-12-13-14-15-16-17-18-19-38(42)52-37-36-51-35-34-50-33-32-49-31-30-48-29-28-47-27-26-46-25-24-45-23-22-44-21-20-41(5)39(43)53-40(2,3)4/h6-37H2,1-5H3. The minimum Gasteiger partial charge on any atom is -0.463 e. The Bertz CT molecular complexity index is 783. The van der Waals surface area contributed by atoms with Crippen molar-refractivity contribution in [3.8, 4) is 0 Å². The van der Waals surface area contributed by atoms with E-state index >= 15 is 0 Å². The lowest BCUT2D eigenvalue weighted by Crippen LogP contribution is -2.36. The van der Waals surface area contributed by atoms with Gasteiger partial charge in [-0.1, -0.05) is 84.0 Å². The third-order valence-corrected chi connectivity index (χ3v) is 7.86. The van der Waals surface area contributed by atoms with Crippen molar-refractivity contribution in [2.45, 2.75) is 123 Å². The van der Waals surface area contributed by atoms with Crippen LogP contribution in [0.5, 0.6) is 0 Å². The molecule has 0 fully saturated rings. The first kappa shape index (κ1) is 51.4. The summed E-state index contributed by atoms with van der Waals surface area (Å²) >= 11 is 0. The van der Waals surface area contributed by atoms with Crippen LogP contribution in [0, 0.1) is 0 Å². The molecule has 0 radical (unpaired) electrons. The molecule has 0 spiro atoms. The smallest absolute Gasteiger partial charge is 0.410 e. The van der Waals surface area contributed by atoms with Gasteiger partial charge < -0.3 is 52.3 Å². The summed E-state index contributed by atoms with van der Waals surface area (Å²) in [6.07, 6.45) is 16.9. The zero-order valence-corrected chi connectivity index (χ0v) is 34.5. The second-order valence-corrected chi connectivity index (χ2v) is 14.0. The minimum atomic E-state index is -0.511. The van der Waals surface area contributed by atoms with E-state index in [1.165, 1.54) is 75.5 Å². The summed E-state index contributed by atoms with van der Waals surface area (Å²) < 4.78 is 54.4. The normalized spacial score (nSPS) is 11.6. The van der Waals surface area contributed by atoms with Gasteiger partial charge in [0, 0.05) is 20.0 Å². The Hall–Kier alpha value is -1.58. The maximum Gasteiger partial charge on any atom is 0.410 e. The molecule has 0 bridgehead atoms. The predicted octanol–water partition coefficient (Wildman–Crippen LogP) is 7.01. The molecular formula is C40H79NO12. The van der Waals surface area contributed by atoms with Crippen molar-refractivity contribution in [2.75, 3.05) is 126 Å². The maximum atomic E-state index is 11.9. The third kappa shape index (κ3) is 43.0. The lowest BCUT2D eigenvalue weighted by Gasteiger charge is -2.24. The number of likely N-dealkylation sites (N-methyl/N-ethyl adjacent to an activating group) is 1. The van der Waals surface area contributed by atoms with E-state index < -0.39 is 5.60 Å². The highest BCUT2D eigenvalue weighted by molar-refractivity contribution is 5.69. The first-order chi connectivity index (χ1) is 25.8. The Kier molecular flexibility index (Phi) is 38.9. The van der Waals surface area contributed by atoms with Crippen LogP contribution in [0.3, 0.4) is 0 Å². The van der Waals surface area contributed by atoms with Crippen molar-refractivity contribution in [2.24, 2.45) is 0 Å². The van der Waals surface area contributed by atoms with Crippen LogP contribution in [0.4, 0.5) is 4.79 Å². The molecule has 0 aromatic heterocycles. The number of esters is 1. The summed E-state index contributed by atoms with van der Waals surface area (Å²) in [6.45, 7) is 16.0. The molecule has 53 heavy (non-hydrogen) atoms. The fourth-order valence-corrected chi connectivity index (χ4v) is 4.85. The van der Waals surface area contributed by atoms with Crippen molar-refractivity contribution in [1.82, 2.24) is 4.90 Å². The number of hydrogen-bond acceptors (Lipinski definition) is 12. The Morgan fingerprint density at radius 3 is 1.08 bits per heavy atom. The molecule has 1 amide bonds. The number of nitrogens with zero attached hydrogens (tertiary/aromatic N) is 1. The zero-order chi connectivity index (χ0) is 38.9. The van der Waals surface area contributed by atoms with E-state index in [2.05, 4.69) is 6.92 Å². The molecular weight excluding hydrogens is 686 g/mol. The van der Waals surface area contributed by atoms with E-state index in [1.54, 1.807) is 7.05 Å². The molecule has 0 rings (SSSR count). The molecule has 13 heteroatoms. The number of unbranched alkanes of at least 4 members (excludes halogenated alkanes) is 12. The molecule has 316 valence electrons. The van der Waals surface area contributed by atoms with Crippen molar-refractivity contribution in [3.63, 3.8) is 0 Å². The molecule has 0 aromatic rings. The van der Waals surface area contributed by atoms with Gasteiger partial charge in [-0.25, -0.2) is 4.79 Å².